The summed E-state index contributed by atoms with van der Waals surface area (Å²) in [6.07, 6.45) is 5.16. The number of hydrogen-bond acceptors (Lipinski definition) is 2. The van der Waals surface area contributed by atoms with E-state index in [0.29, 0.717) is 18.8 Å². The first-order chi connectivity index (χ1) is 7.56. The molecular weight excluding hydrogens is 222 g/mol. The van der Waals surface area contributed by atoms with Crippen LogP contribution in [0.1, 0.15) is 48.3 Å². The maximum Gasteiger partial charge on any atom is 1.00 e. The monoisotopic (exact) mass is 244 g/mol. The first kappa shape index (κ1) is 20.5. The summed E-state index contributed by atoms with van der Waals surface area (Å²) < 4.78 is 0. The van der Waals surface area contributed by atoms with Gasteiger partial charge < -0.3 is 13.1 Å². The van der Waals surface area contributed by atoms with Gasteiger partial charge in [0.25, 0.3) is 0 Å². The molecular formula is C12H22Li2O4. The molecule has 3 unspecified atom stereocenters. The quantitative estimate of drug-likeness (QED) is 0.495. The van der Waals surface area contributed by atoms with E-state index in [2.05, 4.69) is 6.92 Å². The van der Waals surface area contributed by atoms with Crippen LogP contribution in [0, 0.1) is 17.8 Å². The second kappa shape index (κ2) is 9.99. The predicted octanol–water partition coefficient (Wildman–Crippen LogP) is -3.39. The minimum atomic E-state index is -0.957. The van der Waals surface area contributed by atoms with Crippen molar-refractivity contribution in [3.05, 3.63) is 0 Å². The summed E-state index contributed by atoms with van der Waals surface area (Å²) in [5.74, 6) is -2.88. The Balaban J connectivity index is -0.000000320. The van der Waals surface area contributed by atoms with Crippen molar-refractivity contribution in [1.29, 1.82) is 0 Å². The van der Waals surface area contributed by atoms with Crippen LogP contribution in [0.2, 0.25) is 0 Å². The first-order valence-electron chi connectivity index (χ1n) is 6.01. The van der Waals surface area contributed by atoms with Gasteiger partial charge in [-0.3, -0.25) is 9.59 Å². The smallest absolute Gasteiger partial charge is 1.00 e. The van der Waals surface area contributed by atoms with E-state index in [9.17, 15) is 9.59 Å². The molecule has 2 N–H and O–H groups in total. The maximum atomic E-state index is 11.0. The molecule has 0 heterocycles. The van der Waals surface area contributed by atoms with Crippen molar-refractivity contribution in [2.75, 3.05) is 0 Å². The Morgan fingerprint density at radius 2 is 1.67 bits per heavy atom. The van der Waals surface area contributed by atoms with Crippen LogP contribution >= 0.6 is 0 Å². The van der Waals surface area contributed by atoms with Crippen molar-refractivity contribution in [3.63, 3.8) is 0 Å². The molecule has 0 spiro atoms. The van der Waals surface area contributed by atoms with Crippen LogP contribution in [0.5, 0.6) is 0 Å². The number of carboxylic acids is 2. The summed E-state index contributed by atoms with van der Waals surface area (Å²) in [6, 6.07) is 0. The number of hydrogen-bond donors (Lipinski definition) is 2. The van der Waals surface area contributed by atoms with E-state index in [1.54, 1.807) is 0 Å². The van der Waals surface area contributed by atoms with Crippen molar-refractivity contribution < 1.29 is 60.4 Å². The summed E-state index contributed by atoms with van der Waals surface area (Å²) in [6.45, 7) is 2.11. The minimum absolute atomic E-state index is 0. The van der Waals surface area contributed by atoms with Crippen LogP contribution in [0.4, 0.5) is 0 Å². The molecule has 3 atom stereocenters. The third kappa shape index (κ3) is 5.85. The number of rotatable bonds is 5. The molecule has 0 bridgehead atoms. The zero-order chi connectivity index (χ0) is 12.1. The summed E-state index contributed by atoms with van der Waals surface area (Å²) in [5.41, 5.74) is 0. The molecule has 0 amide bonds. The molecule has 0 aromatic carbocycles. The fraction of sp³-hybridized carbons (Fsp3) is 0.833. The normalized spacial score (nSPS) is 26.6. The van der Waals surface area contributed by atoms with E-state index in [1.165, 1.54) is 0 Å². The maximum absolute atomic E-state index is 11.0. The number of aliphatic carboxylic acids is 2. The Kier molecular flexibility index (Phi) is 11.3. The third-order valence-electron chi connectivity index (χ3n) is 3.56. The van der Waals surface area contributed by atoms with Gasteiger partial charge in [0, 0.05) is 0 Å². The molecule has 96 valence electrons. The Hall–Kier alpha value is 0.135. The van der Waals surface area contributed by atoms with Crippen molar-refractivity contribution >= 4 is 11.9 Å². The fourth-order valence-corrected chi connectivity index (χ4v) is 2.58. The molecule has 1 aliphatic carbocycles. The molecule has 1 fully saturated rings. The van der Waals surface area contributed by atoms with E-state index in [-0.39, 0.29) is 40.6 Å². The van der Waals surface area contributed by atoms with Gasteiger partial charge in [-0.25, -0.2) is 0 Å². The zero-order valence-corrected chi connectivity index (χ0v) is 11.7. The second-order valence-corrected chi connectivity index (χ2v) is 4.71. The van der Waals surface area contributed by atoms with Gasteiger partial charge in [-0.05, 0) is 25.2 Å². The van der Waals surface area contributed by atoms with Crippen molar-refractivity contribution in [1.82, 2.24) is 0 Å². The largest absolute Gasteiger partial charge is 1.00 e. The van der Waals surface area contributed by atoms with Crippen molar-refractivity contribution in [2.45, 2.75) is 45.4 Å². The van der Waals surface area contributed by atoms with Crippen LogP contribution in [0.25, 0.3) is 0 Å². The number of unbranched alkanes of at least 4 members (excludes halogenated alkanes) is 1. The predicted molar refractivity (Wildman–Crippen MR) is 61.3 cm³/mol. The topological polar surface area (TPSA) is 74.6 Å². The SMILES string of the molecule is CCCCC1CCC(C(=O)O)C(C(=O)O)C1.[H-].[H-].[Li+].[Li+]. The molecule has 0 aliphatic heterocycles. The van der Waals surface area contributed by atoms with Crippen LogP contribution < -0.4 is 37.7 Å². The second-order valence-electron chi connectivity index (χ2n) is 4.71. The fourth-order valence-electron chi connectivity index (χ4n) is 2.58. The Morgan fingerprint density at radius 1 is 1.11 bits per heavy atom. The molecule has 18 heavy (non-hydrogen) atoms. The van der Waals surface area contributed by atoms with Gasteiger partial charge in [0.05, 0.1) is 11.8 Å². The molecule has 1 saturated carbocycles. The summed E-state index contributed by atoms with van der Waals surface area (Å²) >= 11 is 0. The average molecular weight is 244 g/mol. The van der Waals surface area contributed by atoms with Crippen molar-refractivity contribution in [3.8, 4) is 0 Å². The van der Waals surface area contributed by atoms with Crippen molar-refractivity contribution in [2.24, 2.45) is 17.8 Å². The third-order valence-corrected chi connectivity index (χ3v) is 3.56. The van der Waals surface area contributed by atoms with Crippen LogP contribution in [0.15, 0.2) is 0 Å². The van der Waals surface area contributed by atoms with Gasteiger partial charge in [0.1, 0.15) is 0 Å². The van der Waals surface area contributed by atoms with Gasteiger partial charge >= 0.3 is 49.7 Å². The van der Waals surface area contributed by atoms with Gasteiger partial charge in [0.15, 0.2) is 0 Å². The molecule has 4 nitrogen and oxygen atoms in total. The molecule has 0 radical (unpaired) electrons. The first-order valence-corrected chi connectivity index (χ1v) is 6.01. The average Bonchev–Trinajstić information content (AvgIpc) is 2.25. The van der Waals surface area contributed by atoms with E-state index in [4.69, 9.17) is 10.2 Å². The van der Waals surface area contributed by atoms with E-state index in [1.807, 2.05) is 0 Å². The van der Waals surface area contributed by atoms with Crippen LogP contribution in [-0.4, -0.2) is 22.2 Å². The van der Waals surface area contributed by atoms with E-state index < -0.39 is 23.8 Å². The summed E-state index contributed by atoms with van der Waals surface area (Å²) in [4.78, 5) is 22.0. The molecule has 1 aliphatic rings. The summed E-state index contributed by atoms with van der Waals surface area (Å²) in [5, 5.41) is 18.0. The van der Waals surface area contributed by atoms with Gasteiger partial charge in [-0.2, -0.15) is 0 Å². The molecule has 0 saturated heterocycles. The van der Waals surface area contributed by atoms with Crippen LogP contribution in [-0.2, 0) is 9.59 Å². The van der Waals surface area contributed by atoms with Gasteiger partial charge in [-0.15, -0.1) is 0 Å². The number of carboxylic acid groups (broad SMARTS) is 2. The van der Waals surface area contributed by atoms with Gasteiger partial charge in [-0.1, -0.05) is 26.2 Å². The zero-order valence-electron chi connectivity index (χ0n) is 13.7. The number of carbonyl (C=O) groups is 2. The Morgan fingerprint density at radius 3 is 2.11 bits per heavy atom. The standard InChI is InChI=1S/C12H20O4.2Li.2H/c1-2-3-4-8-5-6-9(11(13)14)10(7-8)12(15)16;;;;/h8-10H,2-7H2,1H3,(H,13,14)(H,15,16);;;;/q;2*+1;2*-1. The van der Waals surface area contributed by atoms with E-state index in [0.717, 1.165) is 25.7 Å². The Labute approximate surface area is 135 Å². The van der Waals surface area contributed by atoms with Crippen LogP contribution in [0.3, 0.4) is 0 Å². The van der Waals surface area contributed by atoms with Gasteiger partial charge in [0.2, 0.25) is 0 Å². The molecule has 0 aromatic heterocycles. The Bertz CT molecular complexity index is 280. The molecule has 6 heteroatoms. The molecule has 1 rings (SSSR count). The minimum Gasteiger partial charge on any atom is -1.00 e. The van der Waals surface area contributed by atoms with E-state index >= 15 is 0 Å². The molecule has 0 aromatic rings. The summed E-state index contributed by atoms with van der Waals surface area (Å²) in [7, 11) is 0.